The maximum atomic E-state index is 11.3. The van der Waals surface area contributed by atoms with E-state index < -0.39 is 5.97 Å². The molecule has 0 unspecified atom stereocenters. The van der Waals surface area contributed by atoms with Crippen LogP contribution in [-0.4, -0.2) is 31.7 Å². The molecule has 0 fully saturated rings. The molecule has 6 heteroatoms. The van der Waals surface area contributed by atoms with E-state index in [9.17, 15) is 9.59 Å². The minimum atomic E-state index is -0.417. The largest absolute Gasteiger partial charge is 0.482 e. The van der Waals surface area contributed by atoms with Crippen molar-refractivity contribution in [1.29, 1.82) is 0 Å². The average molecular weight is 265 g/mol. The molecule has 1 aliphatic rings. The predicted octanol–water partition coefficient (Wildman–Crippen LogP) is 1.35. The number of esters is 1. The van der Waals surface area contributed by atoms with Crippen molar-refractivity contribution in [3.8, 4) is 11.5 Å². The number of carbonyl (C=O) groups excluding carboxylic acids is 2. The van der Waals surface area contributed by atoms with Crippen LogP contribution in [0.1, 0.15) is 13.3 Å². The minimum absolute atomic E-state index is 0.0105. The molecular weight excluding hydrogens is 250 g/mol. The Bertz CT molecular complexity index is 486. The molecule has 102 valence electrons. The second-order valence-corrected chi connectivity index (χ2v) is 4.00. The summed E-state index contributed by atoms with van der Waals surface area (Å²) in [5.41, 5.74) is 0.538. The highest BCUT2D eigenvalue weighted by Crippen LogP contribution is 2.31. The van der Waals surface area contributed by atoms with Gasteiger partial charge in [-0.1, -0.05) is 6.92 Å². The Morgan fingerprint density at radius 3 is 3.11 bits per heavy atom. The van der Waals surface area contributed by atoms with Crippen molar-refractivity contribution in [2.75, 3.05) is 25.1 Å². The van der Waals surface area contributed by atoms with E-state index in [-0.39, 0.29) is 19.1 Å². The molecule has 1 heterocycles. The molecule has 1 aliphatic heterocycles. The molecule has 0 spiro atoms. The van der Waals surface area contributed by atoms with E-state index in [0.29, 0.717) is 23.8 Å². The van der Waals surface area contributed by atoms with Crippen LogP contribution in [0.5, 0.6) is 11.5 Å². The summed E-state index contributed by atoms with van der Waals surface area (Å²) in [6.45, 7) is 2.15. The first-order valence-corrected chi connectivity index (χ1v) is 6.04. The maximum absolute atomic E-state index is 11.3. The SMILES string of the molecule is CCCOC(=O)COc1ccc2c(c1)NC(=O)CO2. The third-order valence-corrected chi connectivity index (χ3v) is 2.41. The van der Waals surface area contributed by atoms with Gasteiger partial charge < -0.3 is 19.5 Å². The van der Waals surface area contributed by atoms with Crippen LogP contribution in [-0.2, 0) is 14.3 Å². The van der Waals surface area contributed by atoms with Crippen LogP contribution in [0, 0.1) is 0 Å². The van der Waals surface area contributed by atoms with Gasteiger partial charge >= 0.3 is 5.97 Å². The fourth-order valence-corrected chi connectivity index (χ4v) is 1.55. The van der Waals surface area contributed by atoms with E-state index in [0.717, 1.165) is 6.42 Å². The van der Waals surface area contributed by atoms with Crippen LogP contribution in [0.4, 0.5) is 5.69 Å². The van der Waals surface area contributed by atoms with Crippen molar-refractivity contribution in [2.24, 2.45) is 0 Å². The zero-order valence-corrected chi connectivity index (χ0v) is 10.6. The molecule has 0 saturated heterocycles. The second kappa shape index (κ2) is 6.08. The number of rotatable bonds is 5. The van der Waals surface area contributed by atoms with Crippen LogP contribution in [0.2, 0.25) is 0 Å². The fraction of sp³-hybridized carbons (Fsp3) is 0.385. The predicted molar refractivity (Wildman–Crippen MR) is 67.3 cm³/mol. The monoisotopic (exact) mass is 265 g/mol. The molecule has 0 atom stereocenters. The Hall–Kier alpha value is -2.24. The number of amides is 1. The van der Waals surface area contributed by atoms with Gasteiger partial charge in [-0.15, -0.1) is 0 Å². The quantitative estimate of drug-likeness (QED) is 0.813. The molecule has 0 bridgehead atoms. The summed E-state index contributed by atoms with van der Waals surface area (Å²) in [4.78, 5) is 22.4. The number of hydrogen-bond donors (Lipinski definition) is 1. The van der Waals surface area contributed by atoms with Crippen LogP contribution < -0.4 is 14.8 Å². The van der Waals surface area contributed by atoms with Gasteiger partial charge in [0.05, 0.1) is 12.3 Å². The first-order chi connectivity index (χ1) is 9.19. The van der Waals surface area contributed by atoms with Crippen molar-refractivity contribution < 1.29 is 23.8 Å². The lowest BCUT2D eigenvalue weighted by Gasteiger charge is -2.18. The first-order valence-electron chi connectivity index (χ1n) is 6.04. The van der Waals surface area contributed by atoms with Gasteiger partial charge in [-0.2, -0.15) is 0 Å². The lowest BCUT2D eigenvalue weighted by molar-refractivity contribution is -0.146. The third-order valence-electron chi connectivity index (χ3n) is 2.41. The van der Waals surface area contributed by atoms with E-state index in [4.69, 9.17) is 14.2 Å². The zero-order valence-electron chi connectivity index (χ0n) is 10.6. The molecule has 19 heavy (non-hydrogen) atoms. The molecule has 0 saturated carbocycles. The number of hydrogen-bond acceptors (Lipinski definition) is 5. The number of benzene rings is 1. The third kappa shape index (κ3) is 3.61. The number of fused-ring (bicyclic) bond motifs is 1. The Balaban J connectivity index is 1.93. The molecular formula is C13H15NO5. The number of nitrogens with one attached hydrogen (secondary N) is 1. The zero-order chi connectivity index (χ0) is 13.7. The maximum Gasteiger partial charge on any atom is 0.344 e. The smallest absolute Gasteiger partial charge is 0.344 e. The summed E-state index contributed by atoms with van der Waals surface area (Å²) < 4.78 is 15.4. The van der Waals surface area contributed by atoms with Gasteiger partial charge in [-0.25, -0.2) is 4.79 Å². The normalized spacial score (nSPS) is 13.0. The molecule has 1 N–H and O–H groups in total. The highest BCUT2D eigenvalue weighted by molar-refractivity contribution is 5.95. The lowest BCUT2D eigenvalue weighted by Crippen LogP contribution is -2.25. The Morgan fingerprint density at radius 2 is 2.32 bits per heavy atom. The summed E-state index contributed by atoms with van der Waals surface area (Å²) in [5, 5.41) is 2.66. The second-order valence-electron chi connectivity index (χ2n) is 4.00. The molecule has 0 aliphatic carbocycles. The Morgan fingerprint density at radius 1 is 1.47 bits per heavy atom. The standard InChI is InChI=1S/C13H15NO5/c1-2-5-17-13(16)8-18-9-3-4-11-10(6-9)14-12(15)7-19-11/h3-4,6H,2,5,7-8H2,1H3,(H,14,15). The van der Waals surface area contributed by atoms with E-state index in [1.165, 1.54) is 0 Å². The van der Waals surface area contributed by atoms with Gasteiger partial charge in [0.1, 0.15) is 11.5 Å². The van der Waals surface area contributed by atoms with Gasteiger partial charge in [-0.3, -0.25) is 4.79 Å². The molecule has 1 amide bonds. The van der Waals surface area contributed by atoms with E-state index in [1.54, 1.807) is 18.2 Å². The van der Waals surface area contributed by atoms with Gasteiger partial charge in [0.25, 0.3) is 5.91 Å². The molecule has 1 aromatic rings. The minimum Gasteiger partial charge on any atom is -0.482 e. The van der Waals surface area contributed by atoms with Gasteiger partial charge in [0.15, 0.2) is 13.2 Å². The first kappa shape index (κ1) is 13.2. The number of carbonyl (C=O) groups is 2. The van der Waals surface area contributed by atoms with Crippen molar-refractivity contribution in [3.05, 3.63) is 18.2 Å². The highest BCUT2D eigenvalue weighted by atomic mass is 16.6. The molecule has 6 nitrogen and oxygen atoms in total. The highest BCUT2D eigenvalue weighted by Gasteiger charge is 2.16. The van der Waals surface area contributed by atoms with Crippen LogP contribution in [0.25, 0.3) is 0 Å². The molecule has 1 aromatic carbocycles. The fourth-order valence-electron chi connectivity index (χ4n) is 1.55. The lowest BCUT2D eigenvalue weighted by atomic mass is 10.2. The Labute approximate surface area is 110 Å². The van der Waals surface area contributed by atoms with Crippen LogP contribution >= 0.6 is 0 Å². The molecule has 0 radical (unpaired) electrons. The van der Waals surface area contributed by atoms with Crippen molar-refractivity contribution in [2.45, 2.75) is 13.3 Å². The van der Waals surface area contributed by atoms with Crippen molar-refractivity contribution in [1.82, 2.24) is 0 Å². The number of ether oxygens (including phenoxy) is 3. The van der Waals surface area contributed by atoms with Crippen molar-refractivity contribution in [3.63, 3.8) is 0 Å². The summed E-state index contributed by atoms with van der Waals surface area (Å²) in [7, 11) is 0. The topological polar surface area (TPSA) is 73.9 Å². The average Bonchev–Trinajstić information content (AvgIpc) is 2.42. The molecule has 2 rings (SSSR count). The summed E-state index contributed by atoms with van der Waals surface area (Å²) in [6, 6.07) is 4.96. The van der Waals surface area contributed by atoms with E-state index in [2.05, 4.69) is 5.32 Å². The van der Waals surface area contributed by atoms with Crippen molar-refractivity contribution >= 4 is 17.6 Å². The van der Waals surface area contributed by atoms with Crippen LogP contribution in [0.15, 0.2) is 18.2 Å². The summed E-state index contributed by atoms with van der Waals surface area (Å²) in [6.07, 6.45) is 0.772. The molecule has 0 aromatic heterocycles. The van der Waals surface area contributed by atoms with E-state index in [1.807, 2.05) is 6.92 Å². The van der Waals surface area contributed by atoms with Gasteiger partial charge in [0, 0.05) is 6.07 Å². The number of anilines is 1. The Kier molecular flexibility index (Phi) is 4.22. The van der Waals surface area contributed by atoms with Gasteiger partial charge in [0.2, 0.25) is 0 Å². The summed E-state index contributed by atoms with van der Waals surface area (Å²) in [5.74, 6) is 0.422. The van der Waals surface area contributed by atoms with Gasteiger partial charge in [-0.05, 0) is 18.6 Å². The summed E-state index contributed by atoms with van der Waals surface area (Å²) >= 11 is 0. The van der Waals surface area contributed by atoms with Crippen LogP contribution in [0.3, 0.4) is 0 Å². The van der Waals surface area contributed by atoms with E-state index >= 15 is 0 Å².